The molecule has 3 heteroatoms. The Balaban J connectivity index is 2.28. The Labute approximate surface area is 61.3 Å². The SMILES string of the molecule is CN(C)CCn1c[c]cn1. The Morgan fingerprint density at radius 2 is 2.40 bits per heavy atom. The lowest BCUT2D eigenvalue weighted by Crippen LogP contribution is -2.18. The van der Waals surface area contributed by atoms with Crippen LogP contribution < -0.4 is 0 Å². The smallest absolute Gasteiger partial charge is 0.0569 e. The maximum Gasteiger partial charge on any atom is 0.0569 e. The van der Waals surface area contributed by atoms with E-state index in [2.05, 4.69) is 16.1 Å². The van der Waals surface area contributed by atoms with Gasteiger partial charge in [-0.1, -0.05) is 0 Å². The predicted octanol–water partition coefficient (Wildman–Crippen LogP) is 0.245. The van der Waals surface area contributed by atoms with Crippen LogP contribution in [-0.4, -0.2) is 35.3 Å². The summed E-state index contributed by atoms with van der Waals surface area (Å²) in [6, 6.07) is 2.89. The fourth-order valence-corrected chi connectivity index (χ4v) is 0.685. The van der Waals surface area contributed by atoms with Gasteiger partial charge in [0, 0.05) is 18.8 Å². The number of likely N-dealkylation sites (N-methyl/N-ethyl adjacent to an activating group) is 1. The number of rotatable bonds is 3. The first-order valence-corrected chi connectivity index (χ1v) is 3.32. The molecule has 1 aromatic heterocycles. The fraction of sp³-hybridized carbons (Fsp3) is 0.571. The van der Waals surface area contributed by atoms with Crippen molar-refractivity contribution in [3.63, 3.8) is 0 Å². The summed E-state index contributed by atoms with van der Waals surface area (Å²) >= 11 is 0. The van der Waals surface area contributed by atoms with Crippen molar-refractivity contribution in [2.45, 2.75) is 6.54 Å². The molecule has 10 heavy (non-hydrogen) atoms. The van der Waals surface area contributed by atoms with Crippen LogP contribution in [0.3, 0.4) is 0 Å². The zero-order chi connectivity index (χ0) is 7.40. The molecule has 0 fully saturated rings. The van der Waals surface area contributed by atoms with E-state index in [-0.39, 0.29) is 0 Å². The van der Waals surface area contributed by atoms with E-state index in [0.717, 1.165) is 13.1 Å². The maximum atomic E-state index is 4.02. The molecule has 0 aliphatic heterocycles. The highest BCUT2D eigenvalue weighted by Gasteiger charge is 1.90. The lowest BCUT2D eigenvalue weighted by molar-refractivity contribution is 0.373. The molecule has 0 aliphatic rings. The molecule has 0 spiro atoms. The van der Waals surface area contributed by atoms with Gasteiger partial charge in [0.1, 0.15) is 0 Å². The van der Waals surface area contributed by atoms with E-state index in [1.54, 1.807) is 6.20 Å². The second kappa shape index (κ2) is 3.37. The van der Waals surface area contributed by atoms with Crippen molar-refractivity contribution in [1.29, 1.82) is 0 Å². The molecule has 0 saturated heterocycles. The Kier molecular flexibility index (Phi) is 2.45. The first-order chi connectivity index (χ1) is 4.79. The quantitative estimate of drug-likeness (QED) is 0.596. The number of hydrogen-bond acceptors (Lipinski definition) is 2. The van der Waals surface area contributed by atoms with Crippen LogP contribution in [0.25, 0.3) is 0 Å². The molecule has 1 aromatic rings. The lowest BCUT2D eigenvalue weighted by Gasteiger charge is -2.08. The summed E-state index contributed by atoms with van der Waals surface area (Å²) < 4.78 is 1.88. The molecule has 0 aromatic carbocycles. The summed E-state index contributed by atoms with van der Waals surface area (Å²) in [5, 5.41) is 4.02. The van der Waals surface area contributed by atoms with Crippen LogP contribution in [0.4, 0.5) is 0 Å². The molecule has 0 aliphatic carbocycles. The van der Waals surface area contributed by atoms with E-state index < -0.39 is 0 Å². The summed E-state index contributed by atoms with van der Waals surface area (Å²) in [5.74, 6) is 0. The van der Waals surface area contributed by atoms with Gasteiger partial charge in [0.05, 0.1) is 12.7 Å². The highest BCUT2D eigenvalue weighted by atomic mass is 15.3. The van der Waals surface area contributed by atoms with E-state index in [1.807, 2.05) is 25.0 Å². The monoisotopic (exact) mass is 138 g/mol. The van der Waals surface area contributed by atoms with Crippen LogP contribution in [0.5, 0.6) is 0 Å². The first-order valence-electron chi connectivity index (χ1n) is 3.32. The van der Waals surface area contributed by atoms with Crippen LogP contribution in [0.1, 0.15) is 0 Å². The van der Waals surface area contributed by atoms with E-state index in [1.165, 1.54) is 0 Å². The Morgan fingerprint density at radius 1 is 1.60 bits per heavy atom. The third kappa shape index (κ3) is 2.19. The van der Waals surface area contributed by atoms with Crippen LogP contribution in [0.2, 0.25) is 0 Å². The maximum absolute atomic E-state index is 4.02. The molecule has 0 saturated carbocycles. The van der Waals surface area contributed by atoms with Crippen molar-refractivity contribution in [3.8, 4) is 0 Å². The molecular formula is C7H12N3. The zero-order valence-corrected chi connectivity index (χ0v) is 6.41. The molecule has 1 heterocycles. The number of hydrogen-bond donors (Lipinski definition) is 0. The third-order valence-corrected chi connectivity index (χ3v) is 1.28. The molecule has 0 N–H and O–H groups in total. The van der Waals surface area contributed by atoms with Crippen molar-refractivity contribution in [2.24, 2.45) is 0 Å². The molecule has 0 unspecified atom stereocenters. The average molecular weight is 138 g/mol. The summed E-state index contributed by atoms with van der Waals surface area (Å²) in [6.07, 6.45) is 3.53. The first kappa shape index (κ1) is 7.28. The van der Waals surface area contributed by atoms with Gasteiger partial charge in [0.25, 0.3) is 0 Å². The number of nitrogens with zero attached hydrogens (tertiary/aromatic N) is 3. The normalized spacial score (nSPS) is 10.7. The third-order valence-electron chi connectivity index (χ3n) is 1.28. The summed E-state index contributed by atoms with van der Waals surface area (Å²) in [4.78, 5) is 2.13. The van der Waals surface area contributed by atoms with E-state index in [9.17, 15) is 0 Å². The van der Waals surface area contributed by atoms with E-state index in [0.29, 0.717) is 0 Å². The lowest BCUT2D eigenvalue weighted by atomic mass is 10.6. The van der Waals surface area contributed by atoms with Crippen molar-refractivity contribution >= 4 is 0 Å². The Morgan fingerprint density at radius 3 is 2.90 bits per heavy atom. The molecule has 0 bridgehead atoms. The standard InChI is InChI=1S/C7H12N3/c1-9(2)6-7-10-5-3-4-8-10/h4-5H,6-7H2,1-2H3. The second-order valence-corrected chi connectivity index (χ2v) is 2.51. The minimum atomic E-state index is 0.941. The largest absolute Gasteiger partial charge is 0.308 e. The molecule has 0 atom stereocenters. The van der Waals surface area contributed by atoms with Crippen molar-refractivity contribution in [3.05, 3.63) is 18.5 Å². The molecule has 1 radical (unpaired) electrons. The topological polar surface area (TPSA) is 21.1 Å². The van der Waals surface area contributed by atoms with E-state index in [4.69, 9.17) is 0 Å². The summed E-state index contributed by atoms with van der Waals surface area (Å²) in [5.41, 5.74) is 0. The van der Waals surface area contributed by atoms with Gasteiger partial charge in [-0.25, -0.2) is 0 Å². The zero-order valence-electron chi connectivity index (χ0n) is 6.41. The Bertz CT molecular complexity index is 167. The van der Waals surface area contributed by atoms with Gasteiger partial charge in [-0.15, -0.1) is 0 Å². The average Bonchev–Trinajstić information content (AvgIpc) is 2.34. The van der Waals surface area contributed by atoms with Gasteiger partial charge in [-0.05, 0) is 14.1 Å². The van der Waals surface area contributed by atoms with Crippen LogP contribution in [0.15, 0.2) is 12.4 Å². The van der Waals surface area contributed by atoms with Crippen molar-refractivity contribution < 1.29 is 0 Å². The molecular weight excluding hydrogens is 126 g/mol. The van der Waals surface area contributed by atoms with Crippen molar-refractivity contribution in [2.75, 3.05) is 20.6 Å². The molecule has 55 valence electrons. The summed E-state index contributed by atoms with van der Waals surface area (Å²) in [6.45, 7) is 1.96. The molecule has 1 rings (SSSR count). The van der Waals surface area contributed by atoms with Crippen LogP contribution >= 0.6 is 0 Å². The fourth-order valence-electron chi connectivity index (χ4n) is 0.685. The van der Waals surface area contributed by atoms with Crippen LogP contribution in [0, 0.1) is 6.07 Å². The predicted molar refractivity (Wildman–Crippen MR) is 39.6 cm³/mol. The van der Waals surface area contributed by atoms with Gasteiger partial charge in [0.15, 0.2) is 0 Å². The van der Waals surface area contributed by atoms with Gasteiger partial charge in [0.2, 0.25) is 0 Å². The minimum absolute atomic E-state index is 0.941. The highest BCUT2D eigenvalue weighted by molar-refractivity contribution is 4.74. The van der Waals surface area contributed by atoms with Gasteiger partial charge in [-0.2, -0.15) is 5.10 Å². The highest BCUT2D eigenvalue weighted by Crippen LogP contribution is 1.83. The molecule has 3 nitrogen and oxygen atoms in total. The second-order valence-electron chi connectivity index (χ2n) is 2.51. The Hall–Kier alpha value is -0.830. The minimum Gasteiger partial charge on any atom is -0.308 e. The van der Waals surface area contributed by atoms with E-state index >= 15 is 0 Å². The van der Waals surface area contributed by atoms with Gasteiger partial charge < -0.3 is 4.90 Å². The van der Waals surface area contributed by atoms with Gasteiger partial charge in [-0.3, -0.25) is 4.68 Å². The van der Waals surface area contributed by atoms with Gasteiger partial charge >= 0.3 is 0 Å². The van der Waals surface area contributed by atoms with Crippen LogP contribution in [-0.2, 0) is 6.54 Å². The number of aromatic nitrogens is 2. The molecule has 0 amide bonds. The van der Waals surface area contributed by atoms with Crippen molar-refractivity contribution in [1.82, 2.24) is 14.7 Å². The summed E-state index contributed by atoms with van der Waals surface area (Å²) in [7, 11) is 4.10.